The van der Waals surface area contributed by atoms with Crippen molar-refractivity contribution in [1.82, 2.24) is 19.9 Å². The van der Waals surface area contributed by atoms with E-state index in [2.05, 4.69) is 51.4 Å². The summed E-state index contributed by atoms with van der Waals surface area (Å²) in [4.78, 5) is 25.7. The van der Waals surface area contributed by atoms with Gasteiger partial charge in [-0.1, -0.05) is 31.4 Å². The zero-order valence-electron chi connectivity index (χ0n) is 21.7. The third-order valence-corrected chi connectivity index (χ3v) is 7.44. The normalized spacial score (nSPS) is 17.6. The summed E-state index contributed by atoms with van der Waals surface area (Å²) in [6.45, 7) is 2.14. The Bertz CT molecular complexity index is 1240. The van der Waals surface area contributed by atoms with Gasteiger partial charge in [0.1, 0.15) is 0 Å². The molecule has 0 unspecified atom stereocenters. The molecule has 1 aliphatic carbocycles. The SMILES string of the molecule is CN(c1ccc([C@H]2CN(c3nc(-c4ccncc4F)cc(=O)n3C)CCN2)cc1)C1CCCCC1.Cl.Cl.Cl. The van der Waals surface area contributed by atoms with E-state index < -0.39 is 5.82 Å². The van der Waals surface area contributed by atoms with Gasteiger partial charge in [-0.2, -0.15) is 0 Å². The number of rotatable bonds is 5. The fourth-order valence-electron chi connectivity index (χ4n) is 5.31. The van der Waals surface area contributed by atoms with E-state index in [1.165, 1.54) is 60.2 Å². The van der Waals surface area contributed by atoms with Crippen LogP contribution in [-0.4, -0.2) is 47.3 Å². The summed E-state index contributed by atoms with van der Waals surface area (Å²) in [7, 11) is 3.92. The Kier molecular flexibility index (Phi) is 11.8. The molecule has 11 heteroatoms. The van der Waals surface area contributed by atoms with Crippen LogP contribution in [0.5, 0.6) is 0 Å². The molecule has 0 spiro atoms. The maximum absolute atomic E-state index is 14.3. The first-order valence-electron chi connectivity index (χ1n) is 12.5. The lowest BCUT2D eigenvalue weighted by Gasteiger charge is -2.36. The zero-order chi connectivity index (χ0) is 24.4. The molecule has 3 heterocycles. The predicted octanol–water partition coefficient (Wildman–Crippen LogP) is 5.17. The van der Waals surface area contributed by atoms with Gasteiger partial charge in [0.25, 0.3) is 5.56 Å². The Labute approximate surface area is 242 Å². The number of anilines is 2. The average Bonchev–Trinajstić information content (AvgIpc) is 2.91. The van der Waals surface area contributed by atoms with E-state index in [0.717, 1.165) is 12.7 Å². The molecule has 1 N–H and O–H groups in total. The zero-order valence-corrected chi connectivity index (χ0v) is 24.1. The molecule has 2 aromatic heterocycles. The predicted molar refractivity (Wildman–Crippen MR) is 159 cm³/mol. The average molecular weight is 586 g/mol. The molecule has 1 atom stereocenters. The summed E-state index contributed by atoms with van der Waals surface area (Å²) in [5.74, 6) is 0.0551. The van der Waals surface area contributed by atoms with Gasteiger partial charge in [0, 0.05) is 69.3 Å². The van der Waals surface area contributed by atoms with E-state index in [4.69, 9.17) is 4.98 Å². The Morgan fingerprint density at radius 1 is 1.05 bits per heavy atom. The molecule has 7 nitrogen and oxygen atoms in total. The van der Waals surface area contributed by atoms with Crippen molar-refractivity contribution in [2.45, 2.75) is 44.2 Å². The third-order valence-electron chi connectivity index (χ3n) is 7.44. The molecule has 1 saturated carbocycles. The molecule has 0 amide bonds. The topological polar surface area (TPSA) is 66.3 Å². The van der Waals surface area contributed by atoms with Gasteiger partial charge in [-0.05, 0) is 36.6 Å². The highest BCUT2D eigenvalue weighted by Gasteiger charge is 2.25. The van der Waals surface area contributed by atoms with E-state index in [1.54, 1.807) is 13.1 Å². The number of nitrogens with one attached hydrogen (secondary N) is 1. The molecule has 0 bridgehead atoms. The van der Waals surface area contributed by atoms with Gasteiger partial charge < -0.3 is 15.1 Å². The van der Waals surface area contributed by atoms with Gasteiger partial charge in [0.15, 0.2) is 5.82 Å². The van der Waals surface area contributed by atoms with Crippen molar-refractivity contribution in [2.75, 3.05) is 36.5 Å². The van der Waals surface area contributed by atoms with E-state index in [0.29, 0.717) is 30.8 Å². The van der Waals surface area contributed by atoms with Crippen molar-refractivity contribution in [1.29, 1.82) is 0 Å². The Hall–Kier alpha value is -2.39. The monoisotopic (exact) mass is 584 g/mol. The number of halogens is 4. The lowest BCUT2D eigenvalue weighted by molar-refractivity contribution is 0.427. The van der Waals surface area contributed by atoms with E-state index >= 15 is 0 Å². The lowest BCUT2D eigenvalue weighted by atomic mass is 9.94. The first-order chi connectivity index (χ1) is 17.0. The van der Waals surface area contributed by atoms with Crippen LogP contribution in [-0.2, 0) is 7.05 Å². The summed E-state index contributed by atoms with van der Waals surface area (Å²) in [6.07, 6.45) is 9.18. The Morgan fingerprint density at radius 2 is 1.76 bits per heavy atom. The number of benzene rings is 1. The molecule has 2 fully saturated rings. The van der Waals surface area contributed by atoms with Crippen LogP contribution < -0.4 is 20.7 Å². The van der Waals surface area contributed by atoms with Gasteiger partial charge in [-0.25, -0.2) is 9.37 Å². The molecule has 5 rings (SSSR count). The highest BCUT2D eigenvalue weighted by atomic mass is 35.5. The van der Waals surface area contributed by atoms with Gasteiger partial charge in [-0.15, -0.1) is 37.2 Å². The van der Waals surface area contributed by atoms with Crippen LogP contribution in [0.2, 0.25) is 0 Å². The molecule has 38 heavy (non-hydrogen) atoms. The molecular formula is C27H36Cl3FN6O. The van der Waals surface area contributed by atoms with Gasteiger partial charge in [0.2, 0.25) is 5.95 Å². The first-order valence-corrected chi connectivity index (χ1v) is 12.5. The van der Waals surface area contributed by atoms with E-state index in [9.17, 15) is 9.18 Å². The number of hydrogen-bond acceptors (Lipinski definition) is 6. The van der Waals surface area contributed by atoms with Crippen LogP contribution in [0, 0.1) is 5.82 Å². The molecule has 208 valence electrons. The van der Waals surface area contributed by atoms with Crippen molar-refractivity contribution in [2.24, 2.45) is 7.05 Å². The molecule has 1 saturated heterocycles. The smallest absolute Gasteiger partial charge is 0.255 e. The van der Waals surface area contributed by atoms with Crippen LogP contribution >= 0.6 is 37.2 Å². The fourth-order valence-corrected chi connectivity index (χ4v) is 5.31. The van der Waals surface area contributed by atoms with Crippen LogP contribution in [0.3, 0.4) is 0 Å². The molecule has 1 aromatic carbocycles. The Morgan fingerprint density at radius 3 is 2.45 bits per heavy atom. The standard InChI is InChI=1S/C27H33FN6O.3ClH/c1-32(20-6-4-3-5-7-20)21-10-8-19(9-11-21)25-18-34(15-14-30-25)27-31-24(16-26(35)33(27)2)22-12-13-29-17-23(22)28;;;/h8-13,16-17,20,25,30H,3-7,14-15,18H2,1-2H3;3*1H/t25-;;;/m1.../s1. The molecule has 1 aliphatic heterocycles. The number of aromatic nitrogens is 3. The second kappa shape index (κ2) is 14.1. The molecule has 0 radical (unpaired) electrons. The van der Waals surface area contributed by atoms with Crippen LogP contribution in [0.4, 0.5) is 16.0 Å². The van der Waals surface area contributed by atoms with Crippen molar-refractivity contribution in [3.63, 3.8) is 0 Å². The van der Waals surface area contributed by atoms with E-state index in [1.807, 2.05) is 0 Å². The number of pyridine rings is 1. The second-order valence-corrected chi connectivity index (χ2v) is 9.64. The van der Waals surface area contributed by atoms with Crippen LogP contribution in [0.1, 0.15) is 43.7 Å². The lowest BCUT2D eigenvalue weighted by Crippen LogP contribution is -2.47. The maximum Gasteiger partial charge on any atom is 0.255 e. The number of piperazine rings is 1. The van der Waals surface area contributed by atoms with Gasteiger partial charge in [0.05, 0.1) is 11.9 Å². The van der Waals surface area contributed by atoms with Crippen molar-refractivity contribution >= 4 is 48.9 Å². The minimum absolute atomic E-state index is 0. The van der Waals surface area contributed by atoms with Crippen LogP contribution in [0.25, 0.3) is 11.3 Å². The van der Waals surface area contributed by atoms with Crippen LogP contribution in [0.15, 0.2) is 53.6 Å². The van der Waals surface area contributed by atoms with Crippen molar-refractivity contribution < 1.29 is 4.39 Å². The summed E-state index contributed by atoms with van der Waals surface area (Å²) < 4.78 is 15.9. The molecular weight excluding hydrogens is 550 g/mol. The molecule has 3 aromatic rings. The second-order valence-electron chi connectivity index (χ2n) is 9.64. The minimum Gasteiger partial charge on any atom is -0.372 e. The third kappa shape index (κ3) is 6.78. The summed E-state index contributed by atoms with van der Waals surface area (Å²) in [5, 5.41) is 3.60. The van der Waals surface area contributed by atoms with Crippen molar-refractivity contribution in [3.05, 3.63) is 70.5 Å². The number of hydrogen-bond donors (Lipinski definition) is 1. The van der Waals surface area contributed by atoms with E-state index in [-0.39, 0.29) is 54.4 Å². The van der Waals surface area contributed by atoms with Gasteiger partial charge in [-0.3, -0.25) is 14.3 Å². The number of nitrogens with zero attached hydrogens (tertiary/aromatic N) is 5. The maximum atomic E-state index is 14.3. The largest absolute Gasteiger partial charge is 0.372 e. The summed E-state index contributed by atoms with van der Waals surface area (Å²) in [6, 6.07) is 12.5. The fraction of sp³-hybridized carbons (Fsp3) is 0.444. The Balaban J connectivity index is 0.00000169. The van der Waals surface area contributed by atoms with Crippen molar-refractivity contribution in [3.8, 4) is 11.3 Å². The minimum atomic E-state index is -0.490. The quantitative estimate of drug-likeness (QED) is 0.446. The first kappa shape index (κ1) is 31.8. The summed E-state index contributed by atoms with van der Waals surface area (Å²) >= 11 is 0. The summed E-state index contributed by atoms with van der Waals surface area (Å²) in [5.41, 5.74) is 2.85. The highest BCUT2D eigenvalue weighted by molar-refractivity contribution is 5.86. The van der Waals surface area contributed by atoms with Gasteiger partial charge >= 0.3 is 0 Å². The molecule has 2 aliphatic rings. The highest BCUT2D eigenvalue weighted by Crippen LogP contribution is 2.28.